The van der Waals surface area contributed by atoms with Crippen molar-refractivity contribution in [2.75, 3.05) is 20.6 Å². The highest BCUT2D eigenvalue weighted by atomic mass is 16.3. The Morgan fingerprint density at radius 2 is 1.90 bits per heavy atom. The molecule has 0 spiro atoms. The van der Waals surface area contributed by atoms with Gasteiger partial charge in [-0.15, -0.1) is 0 Å². The highest BCUT2D eigenvalue weighted by molar-refractivity contribution is 5.83. The largest absolute Gasteiger partial charge is 0.385 e. The lowest BCUT2D eigenvalue weighted by molar-refractivity contribution is -0.0520. The SMILES string of the molecule is CN(C)CC1C[CH]CCC1(O)c1ccc2ccccc2c1. The highest BCUT2D eigenvalue weighted by Gasteiger charge is 2.40. The molecule has 1 fully saturated rings. The van der Waals surface area contributed by atoms with E-state index in [0.29, 0.717) is 0 Å². The zero-order valence-electron chi connectivity index (χ0n) is 12.9. The minimum Gasteiger partial charge on any atom is -0.385 e. The Labute approximate surface area is 127 Å². The van der Waals surface area contributed by atoms with Crippen molar-refractivity contribution in [1.29, 1.82) is 0 Å². The molecule has 1 saturated carbocycles. The second-order valence-corrected chi connectivity index (χ2v) is 6.51. The fourth-order valence-corrected chi connectivity index (χ4v) is 3.55. The van der Waals surface area contributed by atoms with Crippen molar-refractivity contribution in [3.05, 3.63) is 54.4 Å². The normalized spacial score (nSPS) is 26.4. The lowest BCUT2D eigenvalue weighted by Gasteiger charge is -2.41. The van der Waals surface area contributed by atoms with E-state index in [1.165, 1.54) is 10.8 Å². The van der Waals surface area contributed by atoms with Crippen LogP contribution in [-0.4, -0.2) is 30.6 Å². The van der Waals surface area contributed by atoms with Gasteiger partial charge in [0.05, 0.1) is 5.60 Å². The first kappa shape index (κ1) is 14.6. The van der Waals surface area contributed by atoms with Crippen LogP contribution in [0.2, 0.25) is 0 Å². The molecule has 0 saturated heterocycles. The maximum absolute atomic E-state index is 11.4. The molecule has 1 aliphatic rings. The summed E-state index contributed by atoms with van der Waals surface area (Å²) in [4.78, 5) is 2.18. The minimum absolute atomic E-state index is 0.266. The summed E-state index contributed by atoms with van der Waals surface area (Å²) < 4.78 is 0. The van der Waals surface area contributed by atoms with Crippen molar-refractivity contribution < 1.29 is 5.11 Å². The molecule has 0 heterocycles. The fourth-order valence-electron chi connectivity index (χ4n) is 3.55. The first-order chi connectivity index (χ1) is 10.1. The van der Waals surface area contributed by atoms with Gasteiger partial charge in [0.2, 0.25) is 0 Å². The van der Waals surface area contributed by atoms with Crippen molar-refractivity contribution in [3.63, 3.8) is 0 Å². The van der Waals surface area contributed by atoms with Crippen LogP contribution in [0.4, 0.5) is 0 Å². The lowest BCUT2D eigenvalue weighted by Crippen LogP contribution is -2.43. The second-order valence-electron chi connectivity index (χ2n) is 6.51. The van der Waals surface area contributed by atoms with Crippen LogP contribution in [0.15, 0.2) is 42.5 Å². The van der Waals surface area contributed by atoms with Crippen LogP contribution in [0.25, 0.3) is 10.8 Å². The van der Waals surface area contributed by atoms with Gasteiger partial charge in [-0.1, -0.05) is 36.4 Å². The van der Waals surface area contributed by atoms with Gasteiger partial charge in [0.1, 0.15) is 0 Å². The molecule has 0 aromatic heterocycles. The Bertz CT molecular complexity index is 622. The zero-order chi connectivity index (χ0) is 14.9. The van der Waals surface area contributed by atoms with Crippen molar-refractivity contribution in [2.45, 2.75) is 24.9 Å². The van der Waals surface area contributed by atoms with E-state index in [1.807, 2.05) is 0 Å². The van der Waals surface area contributed by atoms with Crippen molar-refractivity contribution in [3.8, 4) is 0 Å². The summed E-state index contributed by atoms with van der Waals surface area (Å²) in [6.45, 7) is 0.916. The van der Waals surface area contributed by atoms with Gasteiger partial charge < -0.3 is 10.0 Å². The summed E-state index contributed by atoms with van der Waals surface area (Å²) >= 11 is 0. The van der Waals surface area contributed by atoms with Gasteiger partial charge in [0.25, 0.3) is 0 Å². The summed E-state index contributed by atoms with van der Waals surface area (Å²) in [6, 6.07) is 14.8. The quantitative estimate of drug-likeness (QED) is 0.930. The van der Waals surface area contributed by atoms with Crippen molar-refractivity contribution in [1.82, 2.24) is 4.90 Å². The molecule has 1 N–H and O–H groups in total. The smallest absolute Gasteiger partial charge is 0.0937 e. The Morgan fingerprint density at radius 1 is 1.14 bits per heavy atom. The average molecular weight is 282 g/mol. The molecule has 3 rings (SSSR count). The number of aliphatic hydroxyl groups is 1. The van der Waals surface area contributed by atoms with Crippen LogP contribution < -0.4 is 0 Å². The molecular weight excluding hydrogens is 258 g/mol. The van der Waals surface area contributed by atoms with E-state index in [2.05, 4.69) is 67.9 Å². The molecule has 2 heteroatoms. The lowest BCUT2D eigenvalue weighted by atomic mass is 9.71. The Morgan fingerprint density at radius 3 is 2.67 bits per heavy atom. The summed E-state index contributed by atoms with van der Waals surface area (Å²) in [5, 5.41) is 13.8. The van der Waals surface area contributed by atoms with Crippen LogP contribution in [0, 0.1) is 12.3 Å². The molecule has 0 amide bonds. The van der Waals surface area contributed by atoms with Gasteiger partial charge in [-0.3, -0.25) is 0 Å². The first-order valence-electron chi connectivity index (χ1n) is 7.77. The average Bonchev–Trinajstić information content (AvgIpc) is 2.49. The van der Waals surface area contributed by atoms with E-state index >= 15 is 0 Å². The second kappa shape index (κ2) is 5.78. The van der Waals surface area contributed by atoms with E-state index in [9.17, 15) is 5.11 Å². The summed E-state index contributed by atoms with van der Waals surface area (Å²) in [5.74, 6) is 0.266. The first-order valence-corrected chi connectivity index (χ1v) is 7.77. The molecule has 1 aliphatic carbocycles. The van der Waals surface area contributed by atoms with E-state index in [1.54, 1.807) is 0 Å². The molecule has 21 heavy (non-hydrogen) atoms. The van der Waals surface area contributed by atoms with E-state index in [0.717, 1.165) is 31.4 Å². The molecule has 111 valence electrons. The Kier molecular flexibility index (Phi) is 4.01. The van der Waals surface area contributed by atoms with Gasteiger partial charge in [-0.2, -0.15) is 0 Å². The third kappa shape index (κ3) is 2.83. The molecule has 2 aromatic carbocycles. The van der Waals surface area contributed by atoms with Crippen molar-refractivity contribution in [2.24, 2.45) is 5.92 Å². The maximum Gasteiger partial charge on any atom is 0.0937 e. The number of rotatable bonds is 3. The summed E-state index contributed by atoms with van der Waals surface area (Å²) in [7, 11) is 4.16. The fraction of sp³-hybridized carbons (Fsp3) is 0.421. The van der Waals surface area contributed by atoms with Crippen LogP contribution >= 0.6 is 0 Å². The van der Waals surface area contributed by atoms with Gasteiger partial charge in [0, 0.05) is 12.5 Å². The third-order valence-corrected chi connectivity index (χ3v) is 4.69. The molecule has 0 bridgehead atoms. The molecule has 2 aromatic rings. The zero-order valence-corrected chi connectivity index (χ0v) is 12.9. The van der Waals surface area contributed by atoms with Gasteiger partial charge in [-0.25, -0.2) is 0 Å². The number of nitrogens with zero attached hydrogens (tertiary/aromatic N) is 1. The van der Waals surface area contributed by atoms with Gasteiger partial charge in [0.15, 0.2) is 0 Å². The van der Waals surface area contributed by atoms with Crippen LogP contribution in [0.1, 0.15) is 24.8 Å². The number of hydrogen-bond acceptors (Lipinski definition) is 2. The molecule has 0 aliphatic heterocycles. The summed E-state index contributed by atoms with van der Waals surface area (Å²) in [6.07, 6.45) is 5.13. The summed E-state index contributed by atoms with van der Waals surface area (Å²) in [5.41, 5.74) is 0.365. The van der Waals surface area contributed by atoms with Gasteiger partial charge in [-0.05, 0) is 62.2 Å². The standard InChI is InChI=1S/C19H24NO/c1-20(2)14-18-9-5-6-12-19(18,21)17-11-10-15-7-3-4-8-16(15)13-17/h3-5,7-8,10-11,13,18,21H,6,9,12,14H2,1-2H3. The van der Waals surface area contributed by atoms with Crippen LogP contribution in [0.5, 0.6) is 0 Å². The Balaban J connectivity index is 2.00. The molecular formula is C19H24NO. The number of fused-ring (bicyclic) bond motifs is 1. The van der Waals surface area contributed by atoms with Gasteiger partial charge >= 0.3 is 0 Å². The monoisotopic (exact) mass is 282 g/mol. The molecule has 2 unspecified atom stereocenters. The maximum atomic E-state index is 11.4. The van der Waals surface area contributed by atoms with E-state index in [-0.39, 0.29) is 5.92 Å². The molecule has 1 radical (unpaired) electrons. The highest BCUT2D eigenvalue weighted by Crippen LogP contribution is 2.42. The van der Waals surface area contributed by atoms with Crippen molar-refractivity contribution >= 4 is 10.8 Å². The predicted octanol–water partition coefficient (Wildman–Crippen LogP) is 3.59. The minimum atomic E-state index is -0.705. The molecule has 2 atom stereocenters. The van der Waals surface area contributed by atoms with E-state index < -0.39 is 5.60 Å². The number of benzene rings is 2. The topological polar surface area (TPSA) is 23.5 Å². The Hall–Kier alpha value is -1.38. The van der Waals surface area contributed by atoms with Crippen LogP contribution in [0.3, 0.4) is 0 Å². The number of hydrogen-bond donors (Lipinski definition) is 1. The predicted molar refractivity (Wildman–Crippen MR) is 88.0 cm³/mol. The van der Waals surface area contributed by atoms with E-state index in [4.69, 9.17) is 0 Å². The molecule has 2 nitrogen and oxygen atoms in total. The third-order valence-electron chi connectivity index (χ3n) is 4.69. The van der Waals surface area contributed by atoms with Crippen LogP contribution in [-0.2, 0) is 5.60 Å².